The first kappa shape index (κ1) is 19.0. The molecule has 4 rings (SSSR count). The molecular weight excluding hydrogens is 380 g/mol. The predicted octanol–water partition coefficient (Wildman–Crippen LogP) is -0.428. The molecule has 29 heavy (non-hydrogen) atoms. The second-order valence-electron chi connectivity index (χ2n) is 6.80. The van der Waals surface area contributed by atoms with Gasteiger partial charge in [0.1, 0.15) is 6.61 Å². The minimum atomic E-state index is -0.904. The Labute approximate surface area is 165 Å². The molecule has 2 fully saturated rings. The molecule has 2 aliphatic rings. The van der Waals surface area contributed by atoms with Gasteiger partial charge in [-0.25, -0.2) is 0 Å². The maximum Gasteiger partial charge on any atom is 0.292 e. The van der Waals surface area contributed by atoms with E-state index >= 15 is 0 Å². The number of hydrogen-bond acceptors (Lipinski definition) is 8. The van der Waals surface area contributed by atoms with Crippen LogP contribution in [0.1, 0.15) is 41.0 Å². The van der Waals surface area contributed by atoms with Crippen LogP contribution in [0.5, 0.6) is 0 Å². The van der Waals surface area contributed by atoms with E-state index in [1.807, 2.05) is 6.07 Å². The number of carbonyl (C=O) groups is 3. The van der Waals surface area contributed by atoms with Gasteiger partial charge in [0.15, 0.2) is 6.10 Å². The van der Waals surface area contributed by atoms with Gasteiger partial charge in [-0.15, -0.1) is 0 Å². The SMILES string of the molecule is CNC(=O)c1noc(CNC(=O)[C@H]2OCC(=O)N(C3CC3)[C@@H]2c2cccnc2)n1. The lowest BCUT2D eigenvalue weighted by Crippen LogP contribution is -2.55. The molecule has 2 aromatic rings. The summed E-state index contributed by atoms with van der Waals surface area (Å²) in [6.45, 7) is -0.230. The zero-order valence-electron chi connectivity index (χ0n) is 15.7. The van der Waals surface area contributed by atoms with E-state index in [-0.39, 0.29) is 36.8 Å². The summed E-state index contributed by atoms with van der Waals surface area (Å²) in [6.07, 6.45) is 4.17. The average Bonchev–Trinajstić information content (AvgIpc) is 3.48. The third-order valence-electron chi connectivity index (χ3n) is 4.80. The number of ether oxygens (including phenoxy) is 1. The van der Waals surface area contributed by atoms with E-state index < -0.39 is 24.0 Å². The molecule has 1 aliphatic heterocycles. The van der Waals surface area contributed by atoms with Crippen LogP contribution in [0.15, 0.2) is 29.0 Å². The predicted molar refractivity (Wildman–Crippen MR) is 96.1 cm³/mol. The molecule has 0 unspecified atom stereocenters. The molecule has 2 atom stereocenters. The van der Waals surface area contributed by atoms with Crippen LogP contribution in [-0.2, 0) is 20.9 Å². The van der Waals surface area contributed by atoms with Gasteiger partial charge in [-0.05, 0) is 24.5 Å². The molecule has 1 aliphatic carbocycles. The van der Waals surface area contributed by atoms with Crippen LogP contribution in [0.3, 0.4) is 0 Å². The number of morpholine rings is 1. The Morgan fingerprint density at radius 3 is 2.86 bits per heavy atom. The molecular formula is C18H20N6O5. The lowest BCUT2D eigenvalue weighted by Gasteiger charge is -2.40. The van der Waals surface area contributed by atoms with Crippen molar-refractivity contribution in [1.29, 1.82) is 0 Å². The first-order chi connectivity index (χ1) is 14.1. The van der Waals surface area contributed by atoms with Crippen molar-refractivity contribution in [2.24, 2.45) is 0 Å². The van der Waals surface area contributed by atoms with Crippen molar-refractivity contribution in [3.05, 3.63) is 41.8 Å². The smallest absolute Gasteiger partial charge is 0.292 e. The Kier molecular flexibility index (Phi) is 5.21. The van der Waals surface area contributed by atoms with Crippen molar-refractivity contribution < 1.29 is 23.6 Å². The Balaban J connectivity index is 1.50. The second kappa shape index (κ2) is 7.95. The lowest BCUT2D eigenvalue weighted by molar-refractivity contribution is -0.165. The first-order valence-corrected chi connectivity index (χ1v) is 9.23. The number of pyridine rings is 1. The standard InChI is InChI=1S/C18H20N6O5/c1-19-18(27)16-22-12(29-23-16)8-21-17(26)15-14(10-3-2-6-20-7-10)24(11-4-5-11)13(25)9-28-15/h2-3,6-7,11,14-15H,4-5,8-9H2,1H3,(H,19,27)(H,21,26)/t14-,15+/m1/s1. The highest BCUT2D eigenvalue weighted by Gasteiger charge is 2.47. The van der Waals surface area contributed by atoms with Gasteiger partial charge in [0.2, 0.25) is 11.8 Å². The Morgan fingerprint density at radius 1 is 1.34 bits per heavy atom. The molecule has 0 radical (unpaired) electrons. The highest BCUT2D eigenvalue weighted by atomic mass is 16.5. The van der Waals surface area contributed by atoms with E-state index in [1.165, 1.54) is 7.05 Å². The van der Waals surface area contributed by atoms with Crippen molar-refractivity contribution >= 4 is 17.7 Å². The summed E-state index contributed by atoms with van der Waals surface area (Å²) in [5, 5.41) is 8.62. The number of aromatic nitrogens is 3. The fourth-order valence-corrected chi connectivity index (χ4v) is 3.31. The van der Waals surface area contributed by atoms with E-state index in [2.05, 4.69) is 25.8 Å². The summed E-state index contributed by atoms with van der Waals surface area (Å²) in [6, 6.07) is 3.12. The zero-order chi connectivity index (χ0) is 20.4. The number of hydrogen-bond donors (Lipinski definition) is 2. The summed E-state index contributed by atoms with van der Waals surface area (Å²) >= 11 is 0. The quantitative estimate of drug-likeness (QED) is 0.666. The highest BCUT2D eigenvalue weighted by Crippen LogP contribution is 2.39. The van der Waals surface area contributed by atoms with Crippen molar-refractivity contribution in [2.75, 3.05) is 13.7 Å². The van der Waals surface area contributed by atoms with Crippen molar-refractivity contribution in [3.8, 4) is 0 Å². The zero-order valence-corrected chi connectivity index (χ0v) is 15.7. The molecule has 0 bridgehead atoms. The van der Waals surface area contributed by atoms with Crippen LogP contribution in [0.4, 0.5) is 0 Å². The van der Waals surface area contributed by atoms with E-state index in [0.29, 0.717) is 0 Å². The minimum absolute atomic E-state index is 0.0696. The van der Waals surface area contributed by atoms with E-state index in [1.54, 1.807) is 23.4 Å². The van der Waals surface area contributed by atoms with Gasteiger partial charge < -0.3 is 24.8 Å². The largest absolute Gasteiger partial charge is 0.356 e. The normalized spacial score (nSPS) is 21.7. The van der Waals surface area contributed by atoms with E-state index in [9.17, 15) is 14.4 Å². The third-order valence-corrected chi connectivity index (χ3v) is 4.80. The van der Waals surface area contributed by atoms with Gasteiger partial charge in [-0.3, -0.25) is 19.4 Å². The molecule has 1 saturated heterocycles. The number of rotatable bonds is 6. The Bertz CT molecular complexity index is 912. The van der Waals surface area contributed by atoms with Crippen LogP contribution in [0, 0.1) is 0 Å². The number of carbonyl (C=O) groups excluding carboxylic acids is 3. The van der Waals surface area contributed by atoms with E-state index in [4.69, 9.17) is 9.26 Å². The summed E-state index contributed by atoms with van der Waals surface area (Å²) < 4.78 is 10.6. The van der Waals surface area contributed by atoms with Gasteiger partial charge >= 0.3 is 0 Å². The molecule has 3 heterocycles. The monoisotopic (exact) mass is 400 g/mol. The van der Waals surface area contributed by atoms with Crippen molar-refractivity contribution in [3.63, 3.8) is 0 Å². The van der Waals surface area contributed by atoms with Crippen molar-refractivity contribution in [2.45, 2.75) is 37.6 Å². The topological polar surface area (TPSA) is 140 Å². The van der Waals surface area contributed by atoms with Gasteiger partial charge in [-0.2, -0.15) is 4.98 Å². The Hall–Kier alpha value is -3.34. The van der Waals surface area contributed by atoms with Crippen LogP contribution in [-0.4, -0.2) is 63.5 Å². The summed E-state index contributed by atoms with van der Waals surface area (Å²) in [7, 11) is 1.45. The van der Waals surface area contributed by atoms with Crippen molar-refractivity contribution in [1.82, 2.24) is 30.7 Å². The Morgan fingerprint density at radius 2 is 2.17 bits per heavy atom. The van der Waals surface area contributed by atoms with Crippen LogP contribution in [0.2, 0.25) is 0 Å². The fourth-order valence-electron chi connectivity index (χ4n) is 3.31. The first-order valence-electron chi connectivity index (χ1n) is 9.23. The molecule has 1 saturated carbocycles. The summed E-state index contributed by atoms with van der Waals surface area (Å²) in [4.78, 5) is 46.6. The molecule has 2 aromatic heterocycles. The number of nitrogens with one attached hydrogen (secondary N) is 2. The molecule has 11 nitrogen and oxygen atoms in total. The summed E-state index contributed by atoms with van der Waals surface area (Å²) in [5.74, 6) is -1.09. The minimum Gasteiger partial charge on any atom is -0.356 e. The molecule has 3 amide bonds. The van der Waals surface area contributed by atoms with Gasteiger partial charge in [0.05, 0.1) is 12.6 Å². The van der Waals surface area contributed by atoms with Gasteiger partial charge in [0, 0.05) is 25.5 Å². The van der Waals surface area contributed by atoms with Crippen LogP contribution in [0.25, 0.3) is 0 Å². The lowest BCUT2D eigenvalue weighted by atomic mass is 9.98. The summed E-state index contributed by atoms with van der Waals surface area (Å²) in [5.41, 5.74) is 0.729. The van der Waals surface area contributed by atoms with Gasteiger partial charge in [0.25, 0.3) is 17.6 Å². The molecule has 0 spiro atoms. The fraction of sp³-hybridized carbons (Fsp3) is 0.444. The second-order valence-corrected chi connectivity index (χ2v) is 6.80. The van der Waals surface area contributed by atoms with E-state index in [0.717, 1.165) is 18.4 Å². The maximum absolute atomic E-state index is 12.9. The van der Waals surface area contributed by atoms with Crippen LogP contribution < -0.4 is 10.6 Å². The molecule has 2 N–H and O–H groups in total. The average molecular weight is 400 g/mol. The molecule has 11 heteroatoms. The third kappa shape index (κ3) is 3.94. The maximum atomic E-state index is 12.9. The molecule has 0 aromatic carbocycles. The van der Waals surface area contributed by atoms with Gasteiger partial charge in [-0.1, -0.05) is 11.2 Å². The number of nitrogens with zero attached hydrogens (tertiary/aromatic N) is 4. The molecule has 152 valence electrons. The highest BCUT2D eigenvalue weighted by molar-refractivity contribution is 5.90. The number of amides is 3. The van der Waals surface area contributed by atoms with Crippen LogP contribution >= 0.6 is 0 Å².